The van der Waals surface area contributed by atoms with Crippen LogP contribution in [0, 0.1) is 6.92 Å². The van der Waals surface area contributed by atoms with Crippen molar-refractivity contribution in [2.45, 2.75) is 25.3 Å². The third kappa shape index (κ3) is 4.96. The van der Waals surface area contributed by atoms with E-state index in [0.717, 1.165) is 25.2 Å². The van der Waals surface area contributed by atoms with E-state index in [1.54, 1.807) is 25.1 Å². The fourth-order valence-corrected chi connectivity index (χ4v) is 5.32. The minimum atomic E-state index is -3.47. The van der Waals surface area contributed by atoms with Gasteiger partial charge < -0.3 is 5.32 Å². The molecule has 1 fully saturated rings. The molecule has 0 aliphatic carbocycles. The molecule has 0 atom stereocenters. The maximum atomic E-state index is 12.8. The summed E-state index contributed by atoms with van der Waals surface area (Å²) < 4.78 is 24.6. The number of sulfone groups is 1. The van der Waals surface area contributed by atoms with Crippen molar-refractivity contribution < 1.29 is 13.2 Å². The molecule has 2 aromatic carbocycles. The number of carbonyl (C=O) groups is 1. The molecule has 0 saturated carbocycles. The van der Waals surface area contributed by atoms with Gasteiger partial charge in [0.2, 0.25) is 0 Å². The van der Waals surface area contributed by atoms with E-state index < -0.39 is 15.7 Å². The van der Waals surface area contributed by atoms with Gasteiger partial charge in [0.05, 0.1) is 16.2 Å². The van der Waals surface area contributed by atoms with Crippen molar-refractivity contribution in [2.24, 2.45) is 0 Å². The zero-order valence-electron chi connectivity index (χ0n) is 16.3. The Labute approximate surface area is 171 Å². The Kier molecular flexibility index (Phi) is 6.80. The first kappa shape index (κ1) is 20.9. The average Bonchev–Trinajstić information content (AvgIpc) is 2.71. The van der Waals surface area contributed by atoms with E-state index in [2.05, 4.69) is 16.3 Å². The first-order valence-electron chi connectivity index (χ1n) is 9.43. The van der Waals surface area contributed by atoms with Crippen LogP contribution in [0.1, 0.15) is 28.4 Å². The summed E-state index contributed by atoms with van der Waals surface area (Å²) in [7, 11) is -3.47. The summed E-state index contributed by atoms with van der Waals surface area (Å²) in [5.41, 5.74) is 3.06. The Morgan fingerprint density at radius 2 is 1.86 bits per heavy atom. The number of nitrogens with zero attached hydrogens (tertiary/aromatic N) is 1. The van der Waals surface area contributed by atoms with Crippen molar-refractivity contribution in [2.75, 3.05) is 35.7 Å². The van der Waals surface area contributed by atoms with Gasteiger partial charge in [0, 0.05) is 36.8 Å². The molecular formula is C21H26N2O3S2. The summed E-state index contributed by atoms with van der Waals surface area (Å²) in [5.74, 6) is 1.90. The molecular weight excluding hydrogens is 392 g/mol. The number of hydrogen-bond donors (Lipinski definition) is 1. The highest BCUT2D eigenvalue weighted by Gasteiger charge is 2.21. The molecule has 5 nitrogen and oxygen atoms in total. The summed E-state index contributed by atoms with van der Waals surface area (Å²) in [5, 5.41) is 2.87. The van der Waals surface area contributed by atoms with E-state index in [9.17, 15) is 13.2 Å². The molecule has 1 N–H and O–H groups in total. The molecule has 7 heteroatoms. The lowest BCUT2D eigenvalue weighted by atomic mass is 10.1. The number of nitrogens with one attached hydrogen (secondary N) is 1. The van der Waals surface area contributed by atoms with Crippen LogP contribution in [0.4, 0.5) is 5.69 Å². The van der Waals surface area contributed by atoms with Gasteiger partial charge in [-0.3, -0.25) is 9.69 Å². The van der Waals surface area contributed by atoms with Gasteiger partial charge in [-0.25, -0.2) is 8.42 Å². The van der Waals surface area contributed by atoms with E-state index >= 15 is 0 Å². The molecule has 150 valence electrons. The number of amides is 1. The normalized spacial score (nSPS) is 15.4. The summed E-state index contributed by atoms with van der Waals surface area (Å²) in [4.78, 5) is 15.3. The van der Waals surface area contributed by atoms with Gasteiger partial charge in [0.25, 0.3) is 5.91 Å². The highest BCUT2D eigenvalue weighted by molar-refractivity contribution is 7.99. The summed E-state index contributed by atoms with van der Waals surface area (Å²) in [6, 6.07) is 12.4. The van der Waals surface area contributed by atoms with Crippen LogP contribution in [-0.2, 0) is 16.4 Å². The van der Waals surface area contributed by atoms with Gasteiger partial charge in [-0.2, -0.15) is 11.8 Å². The summed E-state index contributed by atoms with van der Waals surface area (Å²) in [6.07, 6.45) is 0. The molecule has 0 bridgehead atoms. The van der Waals surface area contributed by atoms with Crippen LogP contribution in [-0.4, -0.2) is 49.6 Å². The molecule has 28 heavy (non-hydrogen) atoms. The second-order valence-electron chi connectivity index (χ2n) is 6.89. The van der Waals surface area contributed by atoms with Gasteiger partial charge in [-0.15, -0.1) is 0 Å². The Hall–Kier alpha value is -1.83. The van der Waals surface area contributed by atoms with E-state index in [0.29, 0.717) is 5.69 Å². The molecule has 0 spiro atoms. The van der Waals surface area contributed by atoms with E-state index in [4.69, 9.17) is 0 Å². The Balaban J connectivity index is 1.76. The minimum Gasteiger partial charge on any atom is -0.322 e. The van der Waals surface area contributed by atoms with Crippen molar-refractivity contribution in [3.8, 4) is 0 Å². The number of anilines is 1. The zero-order chi connectivity index (χ0) is 20.1. The first-order valence-corrected chi connectivity index (χ1v) is 12.2. The molecule has 0 aromatic heterocycles. The predicted molar refractivity (Wildman–Crippen MR) is 116 cm³/mol. The molecule has 0 radical (unpaired) electrons. The molecule has 0 unspecified atom stereocenters. The van der Waals surface area contributed by atoms with Crippen LogP contribution in [0.15, 0.2) is 47.4 Å². The van der Waals surface area contributed by atoms with Crippen LogP contribution in [0.5, 0.6) is 0 Å². The number of rotatable bonds is 6. The largest absolute Gasteiger partial charge is 0.322 e. The number of benzene rings is 2. The SMILES string of the molecule is CCS(=O)(=O)c1ccccc1C(=O)Nc1ccc(CN2CCSCC2)cc1C. The Bertz CT molecular complexity index is 952. The van der Waals surface area contributed by atoms with Gasteiger partial charge >= 0.3 is 0 Å². The van der Waals surface area contributed by atoms with Crippen molar-refractivity contribution in [3.05, 3.63) is 59.2 Å². The zero-order valence-corrected chi connectivity index (χ0v) is 17.9. The molecule has 1 saturated heterocycles. The second-order valence-corrected chi connectivity index (χ2v) is 10.4. The fraction of sp³-hybridized carbons (Fsp3) is 0.381. The van der Waals surface area contributed by atoms with Crippen LogP contribution in [0.2, 0.25) is 0 Å². The lowest BCUT2D eigenvalue weighted by Gasteiger charge is -2.26. The standard InChI is InChI=1S/C21H26N2O3S2/c1-3-28(25,26)20-7-5-4-6-18(20)21(24)22-19-9-8-17(14-16(19)2)15-23-10-12-27-13-11-23/h4-9,14H,3,10-13,15H2,1-2H3,(H,22,24). The number of aryl methyl sites for hydroxylation is 1. The molecule has 3 rings (SSSR count). The Morgan fingerprint density at radius 1 is 1.14 bits per heavy atom. The van der Waals surface area contributed by atoms with Crippen LogP contribution < -0.4 is 5.32 Å². The third-order valence-electron chi connectivity index (χ3n) is 4.90. The monoisotopic (exact) mass is 418 g/mol. The third-order valence-corrected chi connectivity index (χ3v) is 7.62. The van der Waals surface area contributed by atoms with Crippen molar-refractivity contribution in [3.63, 3.8) is 0 Å². The van der Waals surface area contributed by atoms with Crippen LogP contribution >= 0.6 is 11.8 Å². The van der Waals surface area contributed by atoms with Crippen molar-refractivity contribution in [1.82, 2.24) is 4.90 Å². The average molecular weight is 419 g/mol. The smallest absolute Gasteiger partial charge is 0.256 e. The minimum absolute atomic E-state index is 0.0416. The topological polar surface area (TPSA) is 66.5 Å². The Morgan fingerprint density at radius 3 is 2.54 bits per heavy atom. The fourth-order valence-electron chi connectivity index (χ4n) is 3.25. The van der Waals surface area contributed by atoms with Crippen LogP contribution in [0.25, 0.3) is 0 Å². The van der Waals surface area contributed by atoms with Crippen LogP contribution in [0.3, 0.4) is 0 Å². The first-order chi connectivity index (χ1) is 13.4. The van der Waals surface area contributed by atoms with Crippen molar-refractivity contribution >= 4 is 33.2 Å². The number of carbonyl (C=O) groups excluding carboxylic acids is 1. The molecule has 2 aromatic rings. The van der Waals surface area contributed by atoms with Gasteiger partial charge in [-0.1, -0.05) is 31.2 Å². The van der Waals surface area contributed by atoms with E-state index in [1.807, 2.05) is 30.8 Å². The second kappa shape index (κ2) is 9.11. The summed E-state index contributed by atoms with van der Waals surface area (Å²) in [6.45, 7) is 6.65. The number of hydrogen-bond acceptors (Lipinski definition) is 5. The summed E-state index contributed by atoms with van der Waals surface area (Å²) >= 11 is 1.99. The number of thioether (sulfide) groups is 1. The van der Waals surface area contributed by atoms with Gasteiger partial charge in [-0.05, 0) is 36.2 Å². The highest BCUT2D eigenvalue weighted by Crippen LogP contribution is 2.22. The maximum Gasteiger partial charge on any atom is 0.256 e. The quantitative estimate of drug-likeness (QED) is 0.777. The van der Waals surface area contributed by atoms with Gasteiger partial charge in [0.15, 0.2) is 9.84 Å². The molecule has 1 aliphatic rings. The van der Waals surface area contributed by atoms with Crippen molar-refractivity contribution in [1.29, 1.82) is 0 Å². The lowest BCUT2D eigenvalue weighted by Crippen LogP contribution is -2.31. The van der Waals surface area contributed by atoms with E-state index in [-0.39, 0.29) is 16.2 Å². The molecule has 1 amide bonds. The maximum absolute atomic E-state index is 12.8. The molecule has 1 heterocycles. The lowest BCUT2D eigenvalue weighted by molar-refractivity contribution is 0.102. The predicted octanol–water partition coefficient (Wildman–Crippen LogP) is 3.59. The highest BCUT2D eigenvalue weighted by atomic mass is 32.2. The molecule has 1 aliphatic heterocycles. The van der Waals surface area contributed by atoms with E-state index in [1.165, 1.54) is 23.1 Å². The van der Waals surface area contributed by atoms with Gasteiger partial charge in [0.1, 0.15) is 0 Å².